The van der Waals surface area contributed by atoms with Gasteiger partial charge in [0.15, 0.2) is 0 Å². The first-order chi connectivity index (χ1) is 5.24. The largest absolute Gasteiger partial charge is 0.207 e. The van der Waals surface area contributed by atoms with E-state index in [9.17, 15) is 4.39 Å². The van der Waals surface area contributed by atoms with E-state index < -0.39 is 0 Å². The Hall–Kier alpha value is -0.305. The smallest absolute Gasteiger partial charge is 0.126 e. The lowest BCUT2D eigenvalue weighted by atomic mass is 9.75. The van der Waals surface area contributed by atoms with Crippen LogP contribution in [0.2, 0.25) is 6.82 Å². The van der Waals surface area contributed by atoms with E-state index in [1.165, 1.54) is 6.07 Å². The van der Waals surface area contributed by atoms with Gasteiger partial charge < -0.3 is 0 Å². The van der Waals surface area contributed by atoms with Crippen LogP contribution in [0, 0.1) is 5.82 Å². The zero-order valence-electron chi connectivity index (χ0n) is 6.40. The normalized spacial score (nSPS) is 9.73. The summed E-state index contributed by atoms with van der Waals surface area (Å²) in [5.74, 6) is -0.110. The minimum Gasteiger partial charge on any atom is -0.207 e. The second-order valence-corrected chi connectivity index (χ2v) is 3.40. The second-order valence-electron chi connectivity index (χ2n) is 2.49. The van der Waals surface area contributed by atoms with Crippen molar-refractivity contribution in [3.05, 3.63) is 34.1 Å². The third kappa shape index (κ3) is 2.33. The highest BCUT2D eigenvalue weighted by Crippen LogP contribution is 2.15. The van der Waals surface area contributed by atoms with Crippen molar-refractivity contribution < 1.29 is 4.39 Å². The summed E-state index contributed by atoms with van der Waals surface area (Å²) in [6.45, 7) is 2.04. The van der Waals surface area contributed by atoms with Crippen LogP contribution in [0.25, 0.3) is 0 Å². The fourth-order valence-electron chi connectivity index (χ4n) is 0.994. The molecule has 0 bridgehead atoms. The Bertz CT molecular complexity index is 250. The molecular formula is C8H9BBrF. The van der Waals surface area contributed by atoms with Gasteiger partial charge in [-0.05, 0) is 17.7 Å². The molecular weight excluding hydrogens is 206 g/mol. The summed E-state index contributed by atoms with van der Waals surface area (Å²) in [5, 5.41) is 0. The molecule has 1 aromatic rings. The molecule has 0 nitrogen and oxygen atoms in total. The van der Waals surface area contributed by atoms with Crippen LogP contribution >= 0.6 is 15.9 Å². The molecule has 1 aromatic carbocycles. The molecule has 0 aliphatic carbocycles. The molecule has 58 valence electrons. The van der Waals surface area contributed by atoms with Gasteiger partial charge in [0, 0.05) is 4.47 Å². The Morgan fingerprint density at radius 1 is 1.55 bits per heavy atom. The molecule has 0 saturated heterocycles. The minimum absolute atomic E-state index is 0.110. The monoisotopic (exact) mass is 214 g/mol. The van der Waals surface area contributed by atoms with Crippen molar-refractivity contribution in [2.24, 2.45) is 0 Å². The van der Waals surface area contributed by atoms with Gasteiger partial charge in [0.1, 0.15) is 13.1 Å². The molecule has 0 saturated carbocycles. The van der Waals surface area contributed by atoms with E-state index in [0.717, 1.165) is 23.6 Å². The standard InChI is InChI=1S/C8H9BBrF/c1-9-5-6-2-3-7(10)4-8(6)11/h2-4,9H,5H2,1H3. The Morgan fingerprint density at radius 2 is 2.27 bits per heavy atom. The second kappa shape index (κ2) is 3.91. The van der Waals surface area contributed by atoms with Crippen LogP contribution in [0.1, 0.15) is 5.56 Å². The molecule has 1 rings (SSSR count). The van der Waals surface area contributed by atoms with Crippen molar-refractivity contribution in [2.75, 3.05) is 0 Å². The number of halogens is 2. The fraction of sp³-hybridized carbons (Fsp3) is 0.250. The lowest BCUT2D eigenvalue weighted by molar-refractivity contribution is 0.616. The van der Waals surface area contributed by atoms with Gasteiger partial charge in [0.25, 0.3) is 0 Å². The van der Waals surface area contributed by atoms with E-state index in [4.69, 9.17) is 0 Å². The van der Waals surface area contributed by atoms with Gasteiger partial charge in [0.2, 0.25) is 0 Å². The van der Waals surface area contributed by atoms with Gasteiger partial charge >= 0.3 is 0 Å². The van der Waals surface area contributed by atoms with E-state index in [1.807, 2.05) is 19.0 Å². The fourth-order valence-corrected chi connectivity index (χ4v) is 1.33. The van der Waals surface area contributed by atoms with Crippen molar-refractivity contribution in [3.63, 3.8) is 0 Å². The zero-order chi connectivity index (χ0) is 8.27. The van der Waals surface area contributed by atoms with E-state index in [-0.39, 0.29) is 5.82 Å². The van der Waals surface area contributed by atoms with E-state index in [2.05, 4.69) is 15.9 Å². The summed E-state index contributed by atoms with van der Waals surface area (Å²) in [6.07, 6.45) is 0.819. The van der Waals surface area contributed by atoms with Crippen molar-refractivity contribution in [1.82, 2.24) is 0 Å². The van der Waals surface area contributed by atoms with Crippen LogP contribution < -0.4 is 0 Å². The van der Waals surface area contributed by atoms with Crippen LogP contribution in [-0.4, -0.2) is 7.28 Å². The van der Waals surface area contributed by atoms with E-state index >= 15 is 0 Å². The average molecular weight is 215 g/mol. The molecule has 0 spiro atoms. The van der Waals surface area contributed by atoms with Gasteiger partial charge in [-0.2, -0.15) is 0 Å². The molecule has 0 N–H and O–H groups in total. The SMILES string of the molecule is CBCc1ccc(Br)cc1F. The zero-order valence-corrected chi connectivity index (χ0v) is 7.99. The third-order valence-corrected chi connectivity index (χ3v) is 2.03. The average Bonchev–Trinajstić information content (AvgIpc) is 1.95. The molecule has 11 heavy (non-hydrogen) atoms. The Kier molecular flexibility index (Phi) is 3.12. The van der Waals surface area contributed by atoms with E-state index in [1.54, 1.807) is 0 Å². The molecule has 0 aliphatic heterocycles. The van der Waals surface area contributed by atoms with Gasteiger partial charge in [-0.25, -0.2) is 4.39 Å². The predicted octanol–water partition coefficient (Wildman–Crippen LogP) is 2.57. The quantitative estimate of drug-likeness (QED) is 0.665. The molecule has 0 atom stereocenters. The maximum absolute atomic E-state index is 13.0. The third-order valence-electron chi connectivity index (χ3n) is 1.53. The molecule has 0 aromatic heterocycles. The van der Waals surface area contributed by atoms with Gasteiger partial charge in [-0.1, -0.05) is 35.1 Å². The lowest BCUT2D eigenvalue weighted by Crippen LogP contribution is -1.94. The van der Waals surface area contributed by atoms with Crippen LogP contribution in [0.4, 0.5) is 4.39 Å². The summed E-state index contributed by atoms with van der Waals surface area (Å²) in [7, 11) is 0.985. The summed E-state index contributed by atoms with van der Waals surface area (Å²) in [4.78, 5) is 0. The maximum Gasteiger partial charge on any atom is 0.126 e. The summed E-state index contributed by atoms with van der Waals surface area (Å²) < 4.78 is 13.8. The first-order valence-corrected chi connectivity index (χ1v) is 4.47. The molecule has 0 heterocycles. The Labute approximate surface area is 75.2 Å². The van der Waals surface area contributed by atoms with Crippen molar-refractivity contribution in [2.45, 2.75) is 13.1 Å². The minimum atomic E-state index is -0.110. The van der Waals surface area contributed by atoms with Gasteiger partial charge in [-0.15, -0.1) is 0 Å². The lowest BCUT2D eigenvalue weighted by Gasteiger charge is -1.99. The molecule has 0 amide bonds. The number of hydrogen-bond donors (Lipinski definition) is 0. The molecule has 0 unspecified atom stereocenters. The van der Waals surface area contributed by atoms with E-state index in [0.29, 0.717) is 0 Å². The molecule has 0 fully saturated rings. The van der Waals surface area contributed by atoms with Crippen molar-refractivity contribution >= 4 is 23.2 Å². The highest BCUT2D eigenvalue weighted by Gasteiger charge is 2.00. The molecule has 0 radical (unpaired) electrons. The maximum atomic E-state index is 13.0. The van der Waals surface area contributed by atoms with Crippen LogP contribution in [0.15, 0.2) is 22.7 Å². The molecule has 0 aliphatic rings. The van der Waals surface area contributed by atoms with Crippen LogP contribution in [-0.2, 0) is 6.32 Å². The predicted molar refractivity (Wildman–Crippen MR) is 50.8 cm³/mol. The number of rotatable bonds is 2. The summed E-state index contributed by atoms with van der Waals surface area (Å²) >= 11 is 3.21. The van der Waals surface area contributed by atoms with Gasteiger partial charge in [0.05, 0.1) is 0 Å². The Morgan fingerprint density at radius 3 is 2.82 bits per heavy atom. The van der Waals surface area contributed by atoms with Crippen LogP contribution in [0.3, 0.4) is 0 Å². The number of hydrogen-bond acceptors (Lipinski definition) is 0. The van der Waals surface area contributed by atoms with Crippen molar-refractivity contribution in [1.29, 1.82) is 0 Å². The highest BCUT2D eigenvalue weighted by atomic mass is 79.9. The van der Waals surface area contributed by atoms with Crippen LogP contribution in [0.5, 0.6) is 0 Å². The first kappa shape index (κ1) is 8.79. The van der Waals surface area contributed by atoms with Gasteiger partial charge in [-0.3, -0.25) is 0 Å². The van der Waals surface area contributed by atoms with Crippen molar-refractivity contribution in [3.8, 4) is 0 Å². The number of benzene rings is 1. The Balaban J connectivity index is 2.90. The summed E-state index contributed by atoms with van der Waals surface area (Å²) in [6, 6.07) is 5.20. The summed E-state index contributed by atoms with van der Waals surface area (Å²) in [5.41, 5.74) is 0.802. The molecule has 3 heteroatoms. The topological polar surface area (TPSA) is 0 Å². The highest BCUT2D eigenvalue weighted by molar-refractivity contribution is 9.10. The first-order valence-electron chi connectivity index (χ1n) is 3.68.